The second-order valence-electron chi connectivity index (χ2n) is 10.8. The van der Waals surface area contributed by atoms with Crippen LogP contribution in [0.5, 0.6) is 5.75 Å². The summed E-state index contributed by atoms with van der Waals surface area (Å²) in [6, 6.07) is 15.3. The monoisotopic (exact) mass is 690 g/mol. The van der Waals surface area contributed by atoms with Gasteiger partial charge in [-0.1, -0.05) is 30.3 Å². The number of hydrogen-bond acceptors (Lipinski definition) is 6. The number of aromatic nitrogens is 1. The number of thiazole rings is 1. The van der Waals surface area contributed by atoms with Crippen LogP contribution in [0.25, 0.3) is 16.3 Å². The predicted octanol–water partition coefficient (Wildman–Crippen LogP) is 9.72. The van der Waals surface area contributed by atoms with Gasteiger partial charge in [0.2, 0.25) is 0 Å². The van der Waals surface area contributed by atoms with Crippen LogP contribution >= 0.6 is 23.1 Å². The summed E-state index contributed by atoms with van der Waals surface area (Å²) in [5.74, 6) is -0.635. The van der Waals surface area contributed by atoms with E-state index < -0.39 is 36.1 Å². The average Bonchev–Trinajstić information content (AvgIpc) is 3.41. The third kappa shape index (κ3) is 8.58. The fraction of sp³-hybridized carbons (Fsp3) is 0.235. The van der Waals surface area contributed by atoms with Crippen molar-refractivity contribution in [1.29, 1.82) is 0 Å². The second-order valence-corrected chi connectivity index (χ2v) is 13.1. The first-order valence-corrected chi connectivity index (χ1v) is 15.9. The van der Waals surface area contributed by atoms with Crippen molar-refractivity contribution >= 4 is 34.8 Å². The number of carboxylic acid groups (broad SMARTS) is 1. The van der Waals surface area contributed by atoms with Gasteiger partial charge in [-0.2, -0.15) is 26.3 Å². The van der Waals surface area contributed by atoms with Crippen molar-refractivity contribution in [3.63, 3.8) is 0 Å². The van der Waals surface area contributed by atoms with Crippen molar-refractivity contribution in [1.82, 2.24) is 10.3 Å². The Kier molecular flexibility index (Phi) is 10.1. The molecule has 47 heavy (non-hydrogen) atoms. The number of allylic oxidation sites excluding steroid dienone is 2. The molecule has 1 unspecified atom stereocenters. The molecule has 0 amide bonds. The largest absolute Gasteiger partial charge is 0.482 e. The van der Waals surface area contributed by atoms with E-state index in [1.807, 2.05) is 38.1 Å². The van der Waals surface area contributed by atoms with E-state index in [9.17, 15) is 31.1 Å². The molecule has 246 valence electrons. The lowest BCUT2D eigenvalue weighted by molar-refractivity contribution is -0.139. The standard InChI is InChI=1S/C34H28F6N2O3S2/c1-19-15-26(12-14-28(19)45-18-30(43)44)46-29(31-20(2)42-32(47-31)23-6-10-25(11-7-23)34(38,39)40)16-21-3-13-27(41-17-21)22-4-8-24(9-5-22)33(35,36)37/h3-15,29,41H,16-18H2,1-2H3,(H,43,44). The fourth-order valence-corrected chi connectivity index (χ4v) is 7.56. The third-order valence-corrected chi connectivity index (χ3v) is 10.0. The number of carbonyl (C=O) groups is 1. The minimum absolute atomic E-state index is 0.157. The van der Waals surface area contributed by atoms with E-state index in [4.69, 9.17) is 14.8 Å². The van der Waals surface area contributed by atoms with Crippen LogP contribution in [0.3, 0.4) is 0 Å². The number of nitrogens with one attached hydrogen (secondary N) is 1. The summed E-state index contributed by atoms with van der Waals surface area (Å²) in [5.41, 5.74) is 2.95. The Labute approximate surface area is 275 Å². The molecule has 0 spiro atoms. The molecule has 0 radical (unpaired) electrons. The smallest absolute Gasteiger partial charge is 0.416 e. The fourth-order valence-electron chi connectivity index (χ4n) is 4.92. The molecule has 1 atom stereocenters. The zero-order valence-electron chi connectivity index (χ0n) is 25.0. The highest BCUT2D eigenvalue weighted by Crippen LogP contribution is 2.46. The number of carboxylic acids is 1. The van der Waals surface area contributed by atoms with Crippen molar-refractivity contribution in [3.05, 3.63) is 117 Å². The van der Waals surface area contributed by atoms with Crippen molar-refractivity contribution < 1.29 is 41.0 Å². The maximum atomic E-state index is 13.1. The summed E-state index contributed by atoms with van der Waals surface area (Å²) in [6.45, 7) is 3.66. The number of hydrogen-bond donors (Lipinski definition) is 2. The first-order chi connectivity index (χ1) is 22.2. The van der Waals surface area contributed by atoms with Crippen LogP contribution in [0.4, 0.5) is 26.3 Å². The molecule has 0 saturated heterocycles. The molecular formula is C34H28F6N2O3S2. The van der Waals surface area contributed by atoms with Gasteiger partial charge in [0.05, 0.1) is 16.8 Å². The van der Waals surface area contributed by atoms with Gasteiger partial charge in [0, 0.05) is 32.8 Å². The number of halogens is 6. The molecule has 5 nitrogen and oxygen atoms in total. The molecule has 13 heteroatoms. The zero-order chi connectivity index (χ0) is 33.9. The number of alkyl halides is 6. The first kappa shape index (κ1) is 34.1. The van der Waals surface area contributed by atoms with Crippen molar-refractivity contribution in [3.8, 4) is 16.3 Å². The Bertz CT molecular complexity index is 1810. The number of ether oxygens (including phenoxy) is 1. The summed E-state index contributed by atoms with van der Waals surface area (Å²) in [6.07, 6.45) is -4.52. The first-order valence-electron chi connectivity index (χ1n) is 14.3. The number of dihydropyridines is 1. The molecule has 0 saturated carbocycles. The highest BCUT2D eigenvalue weighted by Gasteiger charge is 2.31. The topological polar surface area (TPSA) is 71.5 Å². The highest BCUT2D eigenvalue weighted by atomic mass is 32.2. The molecule has 4 aromatic rings. The summed E-state index contributed by atoms with van der Waals surface area (Å²) < 4.78 is 83.8. The van der Waals surface area contributed by atoms with Crippen LogP contribution in [0, 0.1) is 13.8 Å². The lowest BCUT2D eigenvalue weighted by Gasteiger charge is -2.22. The maximum absolute atomic E-state index is 13.1. The van der Waals surface area contributed by atoms with Gasteiger partial charge in [-0.3, -0.25) is 0 Å². The summed E-state index contributed by atoms with van der Waals surface area (Å²) in [7, 11) is 0. The molecule has 2 heterocycles. The SMILES string of the molecule is Cc1cc(SC(CC2=CC=C(c3ccc(C(F)(F)F)cc3)NC2)c2sc(-c3ccc(C(F)(F)F)cc3)nc2C)ccc1OCC(=O)O. The Morgan fingerprint density at radius 2 is 1.55 bits per heavy atom. The minimum Gasteiger partial charge on any atom is -0.482 e. The zero-order valence-corrected chi connectivity index (χ0v) is 26.6. The lowest BCUT2D eigenvalue weighted by Crippen LogP contribution is -2.19. The van der Waals surface area contributed by atoms with Gasteiger partial charge in [0.15, 0.2) is 6.61 Å². The van der Waals surface area contributed by atoms with Gasteiger partial charge in [0.1, 0.15) is 10.8 Å². The van der Waals surface area contributed by atoms with E-state index in [1.165, 1.54) is 35.6 Å². The lowest BCUT2D eigenvalue weighted by atomic mass is 10.0. The van der Waals surface area contributed by atoms with Gasteiger partial charge in [-0.25, -0.2) is 9.78 Å². The predicted molar refractivity (Wildman–Crippen MR) is 170 cm³/mol. The number of aryl methyl sites for hydroxylation is 2. The van der Waals surface area contributed by atoms with Gasteiger partial charge in [-0.05, 0) is 85.5 Å². The molecule has 0 aliphatic carbocycles. The van der Waals surface area contributed by atoms with Gasteiger partial charge in [0.25, 0.3) is 0 Å². The van der Waals surface area contributed by atoms with Gasteiger partial charge >= 0.3 is 18.3 Å². The number of rotatable bonds is 10. The Hall–Kier alpha value is -4.23. The van der Waals surface area contributed by atoms with Crippen LogP contribution in [0.2, 0.25) is 0 Å². The van der Waals surface area contributed by atoms with Crippen LogP contribution < -0.4 is 10.1 Å². The molecule has 1 aliphatic rings. The number of benzene rings is 3. The molecule has 1 aromatic heterocycles. The molecule has 3 aromatic carbocycles. The number of thioether (sulfide) groups is 1. The molecular weight excluding hydrogens is 663 g/mol. The van der Waals surface area contributed by atoms with Gasteiger partial charge < -0.3 is 15.2 Å². The quantitative estimate of drug-likeness (QED) is 0.128. The van der Waals surface area contributed by atoms with E-state index in [1.54, 1.807) is 17.8 Å². The summed E-state index contributed by atoms with van der Waals surface area (Å²) in [5, 5.41) is 12.7. The summed E-state index contributed by atoms with van der Waals surface area (Å²) in [4.78, 5) is 17.5. The van der Waals surface area contributed by atoms with Gasteiger partial charge in [-0.15, -0.1) is 23.1 Å². The Balaban J connectivity index is 1.42. The van der Waals surface area contributed by atoms with E-state index in [0.29, 0.717) is 40.5 Å². The molecule has 1 aliphatic heterocycles. The maximum Gasteiger partial charge on any atom is 0.416 e. The molecule has 0 bridgehead atoms. The van der Waals surface area contributed by atoms with Crippen LogP contribution in [-0.4, -0.2) is 29.2 Å². The van der Waals surface area contributed by atoms with E-state index in [2.05, 4.69) is 5.32 Å². The minimum atomic E-state index is -4.45. The Morgan fingerprint density at radius 1 is 0.936 bits per heavy atom. The van der Waals surface area contributed by atoms with Crippen LogP contribution in [-0.2, 0) is 17.1 Å². The third-order valence-electron chi connectivity index (χ3n) is 7.32. The van der Waals surface area contributed by atoms with Crippen molar-refractivity contribution in [2.75, 3.05) is 13.2 Å². The molecule has 2 N–H and O–H groups in total. The van der Waals surface area contributed by atoms with E-state index >= 15 is 0 Å². The van der Waals surface area contributed by atoms with E-state index in [-0.39, 0.29) is 5.25 Å². The number of nitrogens with zero attached hydrogens (tertiary/aromatic N) is 1. The van der Waals surface area contributed by atoms with Crippen molar-refractivity contribution in [2.45, 2.75) is 42.8 Å². The second kappa shape index (κ2) is 13.9. The van der Waals surface area contributed by atoms with Crippen molar-refractivity contribution in [2.24, 2.45) is 0 Å². The number of aliphatic carboxylic acids is 1. The Morgan fingerprint density at radius 3 is 2.09 bits per heavy atom. The van der Waals surface area contributed by atoms with E-state index in [0.717, 1.165) is 50.9 Å². The van der Waals surface area contributed by atoms with Crippen LogP contribution in [0.15, 0.2) is 89.4 Å². The highest BCUT2D eigenvalue weighted by molar-refractivity contribution is 7.99. The molecule has 5 rings (SSSR count). The summed E-state index contributed by atoms with van der Waals surface area (Å²) >= 11 is 2.97. The van der Waals surface area contributed by atoms with Crippen LogP contribution in [0.1, 0.15) is 44.5 Å². The normalized spacial score (nSPS) is 14.2. The average molecular weight is 691 g/mol. The molecule has 0 fully saturated rings.